The van der Waals surface area contributed by atoms with Gasteiger partial charge in [-0.3, -0.25) is 9.97 Å². The molecule has 27 heavy (non-hydrogen) atoms. The van der Waals surface area contributed by atoms with Crippen molar-refractivity contribution in [3.05, 3.63) is 48.8 Å². The van der Waals surface area contributed by atoms with Gasteiger partial charge in [0.05, 0.1) is 23.0 Å². The first-order valence-electron chi connectivity index (χ1n) is 6.77. The van der Waals surface area contributed by atoms with Crippen LogP contribution in [0.1, 0.15) is 0 Å². The molecule has 3 aromatic rings. The molecule has 0 unspecified atom stereocenters. The van der Waals surface area contributed by atoms with Crippen molar-refractivity contribution in [2.75, 3.05) is 13.1 Å². The second-order valence-electron chi connectivity index (χ2n) is 4.56. The molecular weight excluding hydrogens is 412 g/mol. The molecule has 2 aromatic heterocycles. The summed E-state index contributed by atoms with van der Waals surface area (Å²) in [5, 5.41) is 23.5. The average molecular weight is 431 g/mol. The van der Waals surface area contributed by atoms with Gasteiger partial charge in [0.25, 0.3) is 0 Å². The summed E-state index contributed by atoms with van der Waals surface area (Å²) in [4.78, 5) is 27.9. The Morgan fingerprint density at radius 2 is 1.15 bits per heavy atom. The third-order valence-electron chi connectivity index (χ3n) is 2.88. The van der Waals surface area contributed by atoms with Crippen molar-refractivity contribution in [3.8, 4) is 0 Å². The van der Waals surface area contributed by atoms with Gasteiger partial charge in [0.1, 0.15) is 0 Å². The smallest absolute Gasteiger partial charge is 0.549 e. The van der Waals surface area contributed by atoms with Crippen molar-refractivity contribution in [1.82, 2.24) is 15.3 Å². The Bertz CT molecular complexity index is 779. The molecule has 0 amide bonds. The summed E-state index contributed by atoms with van der Waals surface area (Å²) in [6.07, 6.45) is 3.60. The quantitative estimate of drug-likeness (QED) is 0.323. The molecular formula is C16H19N3O7Zn. The second kappa shape index (κ2) is 14.6. The van der Waals surface area contributed by atoms with E-state index in [2.05, 4.69) is 39.6 Å². The Morgan fingerprint density at radius 1 is 0.778 bits per heavy atom. The monoisotopic (exact) mass is 429 g/mol. The van der Waals surface area contributed by atoms with E-state index in [4.69, 9.17) is 0 Å². The van der Waals surface area contributed by atoms with Gasteiger partial charge in [0.15, 0.2) is 0 Å². The summed E-state index contributed by atoms with van der Waals surface area (Å²) in [7, 11) is 0. The summed E-state index contributed by atoms with van der Waals surface area (Å²) in [6.45, 7) is -0.929. The molecule has 0 saturated carbocycles. The molecule has 0 aliphatic rings. The Morgan fingerprint density at radius 3 is 1.48 bits per heavy atom. The molecule has 3 rings (SSSR count). The molecule has 7 N–H and O–H groups in total. The van der Waals surface area contributed by atoms with Gasteiger partial charge in [-0.15, -0.1) is 0 Å². The number of aromatic nitrogens is 2. The van der Waals surface area contributed by atoms with Crippen molar-refractivity contribution in [2.24, 2.45) is 0 Å². The molecule has 0 atom stereocenters. The molecule has 0 fully saturated rings. The molecule has 0 saturated heterocycles. The first kappa shape index (κ1) is 29.2. The van der Waals surface area contributed by atoms with Crippen LogP contribution >= 0.6 is 0 Å². The third-order valence-corrected chi connectivity index (χ3v) is 2.88. The number of rotatable bonds is 4. The molecule has 1 aromatic carbocycles. The third kappa shape index (κ3) is 9.09. The number of carboxylic acid groups (broad SMARTS) is 2. The van der Waals surface area contributed by atoms with Crippen LogP contribution in [0.4, 0.5) is 0 Å². The maximum atomic E-state index is 9.59. The van der Waals surface area contributed by atoms with E-state index in [0.29, 0.717) is 0 Å². The molecule has 0 radical (unpaired) electrons. The molecule has 0 aliphatic heterocycles. The standard InChI is InChI=1S/C12H8N2.C4H7NO4.3H2O.Zn/c1-3-9-5-6-10-4-2-8-14-12(10)11(9)13-7-1;6-3(7)1-5-2-4(8)9;;;;/h1-8H;5H,1-2H2,(H,6,7)(H,8,9);3*1H2;/q;;;;;+2/p-2. The SMILES string of the molecule is O.O.O.O=C([O-])CNCC(=O)[O-].[Zn+2].c1cnc2c(c1)ccc1cccnc12. The number of benzene rings is 1. The largest absolute Gasteiger partial charge is 2.00 e. The van der Waals surface area contributed by atoms with Crippen molar-refractivity contribution in [2.45, 2.75) is 0 Å². The number of aliphatic carboxylic acids is 2. The first-order valence-corrected chi connectivity index (χ1v) is 6.77. The Kier molecular flexibility index (Phi) is 15.8. The summed E-state index contributed by atoms with van der Waals surface area (Å²) in [6, 6.07) is 12.1. The fourth-order valence-corrected chi connectivity index (χ4v) is 1.95. The van der Waals surface area contributed by atoms with E-state index in [1.807, 2.05) is 12.1 Å². The number of carbonyl (C=O) groups excluding carboxylic acids is 2. The zero-order chi connectivity index (χ0) is 16.7. The number of pyridine rings is 2. The first-order chi connectivity index (χ1) is 11.1. The van der Waals surface area contributed by atoms with Gasteiger partial charge in [0, 0.05) is 36.3 Å². The Balaban J connectivity index is -0.000000402. The van der Waals surface area contributed by atoms with Gasteiger partial charge < -0.3 is 41.5 Å². The van der Waals surface area contributed by atoms with E-state index < -0.39 is 25.0 Å². The minimum Gasteiger partial charge on any atom is -0.549 e. The number of fused-ring (bicyclic) bond motifs is 3. The minimum atomic E-state index is -1.34. The zero-order valence-corrected chi connectivity index (χ0v) is 17.2. The minimum absolute atomic E-state index is 0. The van der Waals surface area contributed by atoms with Gasteiger partial charge in [-0.2, -0.15) is 0 Å². The predicted octanol–water partition coefficient (Wildman–Crippen LogP) is -3.62. The second-order valence-corrected chi connectivity index (χ2v) is 4.56. The molecule has 0 spiro atoms. The van der Waals surface area contributed by atoms with Crippen LogP contribution in [-0.2, 0) is 29.1 Å². The van der Waals surface area contributed by atoms with E-state index in [-0.39, 0.29) is 35.9 Å². The fourth-order valence-electron chi connectivity index (χ4n) is 1.95. The van der Waals surface area contributed by atoms with Crippen LogP contribution in [0.2, 0.25) is 0 Å². The number of hydrogen-bond acceptors (Lipinski definition) is 7. The molecule has 0 bridgehead atoms. The van der Waals surface area contributed by atoms with Crippen LogP contribution in [0.5, 0.6) is 0 Å². The van der Waals surface area contributed by atoms with Crippen LogP contribution in [0, 0.1) is 0 Å². The number of hydrogen-bond donors (Lipinski definition) is 1. The van der Waals surface area contributed by atoms with E-state index in [0.717, 1.165) is 21.8 Å². The topological polar surface area (TPSA) is 213 Å². The van der Waals surface area contributed by atoms with Crippen molar-refractivity contribution in [3.63, 3.8) is 0 Å². The Labute approximate surface area is 166 Å². The predicted molar refractivity (Wildman–Crippen MR) is 90.8 cm³/mol. The van der Waals surface area contributed by atoms with E-state index in [1.165, 1.54) is 0 Å². The van der Waals surface area contributed by atoms with E-state index in [1.54, 1.807) is 12.4 Å². The van der Waals surface area contributed by atoms with Crippen molar-refractivity contribution < 1.29 is 55.7 Å². The number of carboxylic acids is 2. The van der Waals surface area contributed by atoms with Crippen LogP contribution in [0.3, 0.4) is 0 Å². The summed E-state index contributed by atoms with van der Waals surface area (Å²) in [5.41, 5.74) is 1.95. The maximum absolute atomic E-state index is 9.59. The van der Waals surface area contributed by atoms with Crippen LogP contribution in [0.15, 0.2) is 48.8 Å². The summed E-state index contributed by atoms with van der Waals surface area (Å²) < 4.78 is 0. The number of carbonyl (C=O) groups is 2. The zero-order valence-electron chi connectivity index (χ0n) is 14.3. The summed E-state index contributed by atoms with van der Waals surface area (Å²) in [5.74, 6) is -2.67. The van der Waals surface area contributed by atoms with Crippen LogP contribution in [0.25, 0.3) is 21.8 Å². The molecule has 10 nitrogen and oxygen atoms in total. The van der Waals surface area contributed by atoms with Crippen molar-refractivity contribution >= 4 is 33.7 Å². The van der Waals surface area contributed by atoms with Crippen LogP contribution in [-0.4, -0.2) is 51.4 Å². The number of nitrogens with zero attached hydrogens (tertiary/aromatic N) is 2. The van der Waals surface area contributed by atoms with E-state index >= 15 is 0 Å². The molecule has 2 heterocycles. The average Bonchev–Trinajstić information content (AvgIpc) is 2.55. The normalized spacial score (nSPS) is 8.59. The van der Waals surface area contributed by atoms with Gasteiger partial charge >= 0.3 is 19.5 Å². The molecule has 142 valence electrons. The van der Waals surface area contributed by atoms with Gasteiger partial charge in [-0.1, -0.05) is 24.3 Å². The molecule has 11 heteroatoms. The Hall–Kier alpha value is -2.56. The number of nitrogens with one attached hydrogen (secondary N) is 1. The van der Waals surface area contributed by atoms with Gasteiger partial charge in [0.2, 0.25) is 0 Å². The molecule has 0 aliphatic carbocycles. The summed E-state index contributed by atoms with van der Waals surface area (Å²) >= 11 is 0. The van der Waals surface area contributed by atoms with Crippen molar-refractivity contribution in [1.29, 1.82) is 0 Å². The van der Waals surface area contributed by atoms with Crippen LogP contribution < -0.4 is 15.5 Å². The maximum Gasteiger partial charge on any atom is 2.00 e. The van der Waals surface area contributed by atoms with Gasteiger partial charge in [-0.25, -0.2) is 0 Å². The van der Waals surface area contributed by atoms with E-state index in [9.17, 15) is 19.8 Å². The fraction of sp³-hybridized carbons (Fsp3) is 0.125. The van der Waals surface area contributed by atoms with Gasteiger partial charge in [-0.05, 0) is 12.1 Å².